The molecule has 2 saturated heterocycles. The summed E-state index contributed by atoms with van der Waals surface area (Å²) in [6.07, 6.45) is 8.69. The van der Waals surface area contributed by atoms with Crippen molar-refractivity contribution < 1.29 is 28.5 Å². The van der Waals surface area contributed by atoms with E-state index in [2.05, 4.69) is 21.9 Å². The molecule has 2 fully saturated rings. The Morgan fingerprint density at radius 1 is 1.16 bits per heavy atom. The lowest BCUT2D eigenvalue weighted by molar-refractivity contribution is -0.153. The van der Waals surface area contributed by atoms with Crippen LogP contribution in [0.3, 0.4) is 0 Å². The van der Waals surface area contributed by atoms with Crippen LogP contribution in [0.1, 0.15) is 67.2 Å². The first-order valence-corrected chi connectivity index (χ1v) is 15.5. The Morgan fingerprint density at radius 3 is 2.39 bits per heavy atom. The summed E-state index contributed by atoms with van der Waals surface area (Å²) in [5.74, 6) is 1.37. The molecule has 11 heteroatoms. The lowest BCUT2D eigenvalue weighted by atomic mass is 9.77. The maximum absolute atomic E-state index is 12.7. The number of anilines is 1. The lowest BCUT2D eigenvalue weighted by Crippen LogP contribution is -2.52. The number of amides is 2. The van der Waals surface area contributed by atoms with Crippen LogP contribution in [0.15, 0.2) is 64.1 Å². The van der Waals surface area contributed by atoms with Crippen LogP contribution in [-0.4, -0.2) is 69.5 Å². The highest BCUT2D eigenvalue weighted by Gasteiger charge is 2.41. The van der Waals surface area contributed by atoms with Crippen molar-refractivity contribution in [1.82, 2.24) is 4.90 Å². The number of hydrogen-bond donors (Lipinski definition) is 1. The van der Waals surface area contributed by atoms with Gasteiger partial charge in [0.05, 0.1) is 44.1 Å². The summed E-state index contributed by atoms with van der Waals surface area (Å²) in [5, 5.41) is 2.97. The standard InChI is InChI=1S/C29H37ClN4O6.2C2H6/c1-5-6-26(37-4)27(39-14-9-28(36)34-12-10-29(11-13-34)17-38-18-29)15-21(2)32-19-31-20-40-23-7-8-25(24(30)16-23)33-22(3)35;2*1-2/h5,7-8,15-16,19-20H,1,6,9-14,17-18H2,2-4H3,(H,33,35);2*1-2H3/b21-15+,27-26-,31-20?,32-19?;;. The van der Waals surface area contributed by atoms with Gasteiger partial charge in [-0.1, -0.05) is 45.4 Å². The van der Waals surface area contributed by atoms with E-state index in [-0.39, 0.29) is 30.3 Å². The summed E-state index contributed by atoms with van der Waals surface area (Å²) >= 11 is 6.14. The Morgan fingerprint density at radius 2 is 1.84 bits per heavy atom. The average Bonchev–Trinajstić information content (AvgIpc) is 3.01. The molecule has 44 heavy (non-hydrogen) atoms. The summed E-state index contributed by atoms with van der Waals surface area (Å²) in [7, 11) is 1.56. The van der Waals surface area contributed by atoms with Crippen molar-refractivity contribution in [3.05, 3.63) is 59.2 Å². The Bertz CT molecular complexity index is 1180. The van der Waals surface area contributed by atoms with E-state index >= 15 is 0 Å². The molecule has 2 aliphatic rings. The number of carbonyl (C=O) groups is 2. The molecule has 0 unspecified atom stereocenters. The van der Waals surface area contributed by atoms with Crippen molar-refractivity contribution in [3.63, 3.8) is 0 Å². The molecule has 3 rings (SSSR count). The molecule has 0 aromatic heterocycles. The Kier molecular flexibility index (Phi) is 18.4. The molecule has 1 aromatic carbocycles. The zero-order valence-corrected chi connectivity index (χ0v) is 28.0. The number of piperidine rings is 1. The van der Waals surface area contributed by atoms with Gasteiger partial charge >= 0.3 is 0 Å². The maximum atomic E-state index is 12.7. The molecule has 0 radical (unpaired) electrons. The number of halogens is 1. The van der Waals surface area contributed by atoms with E-state index in [1.807, 2.05) is 32.6 Å². The van der Waals surface area contributed by atoms with E-state index < -0.39 is 0 Å². The van der Waals surface area contributed by atoms with Crippen LogP contribution in [0.4, 0.5) is 5.69 Å². The largest absolute Gasteiger partial charge is 0.497 e. The molecule has 2 amide bonds. The second-order valence-corrected chi connectivity index (χ2v) is 10.1. The first-order chi connectivity index (χ1) is 21.2. The maximum Gasteiger partial charge on any atom is 0.225 e. The van der Waals surface area contributed by atoms with Crippen LogP contribution >= 0.6 is 11.6 Å². The number of methoxy groups -OCH3 is 1. The van der Waals surface area contributed by atoms with Gasteiger partial charge in [0.25, 0.3) is 0 Å². The van der Waals surface area contributed by atoms with Gasteiger partial charge in [-0.2, -0.15) is 0 Å². The number of ether oxygens (including phenoxy) is 4. The number of carbonyl (C=O) groups excluding carboxylic acids is 2. The Labute approximate surface area is 267 Å². The number of rotatable bonds is 13. The summed E-state index contributed by atoms with van der Waals surface area (Å²) in [5.41, 5.74) is 1.38. The summed E-state index contributed by atoms with van der Waals surface area (Å²) in [4.78, 5) is 34.1. The highest BCUT2D eigenvalue weighted by Crippen LogP contribution is 2.38. The molecule has 0 bridgehead atoms. The third kappa shape index (κ3) is 12.9. The second-order valence-electron chi connectivity index (χ2n) is 9.68. The Balaban J connectivity index is 0.00000232. The number of likely N-dealkylation sites (tertiary alicyclic amines) is 1. The van der Waals surface area contributed by atoms with E-state index in [0.717, 1.165) is 39.1 Å². The van der Waals surface area contributed by atoms with Crippen molar-refractivity contribution in [2.45, 2.75) is 67.2 Å². The van der Waals surface area contributed by atoms with Gasteiger partial charge in [0.15, 0.2) is 12.2 Å². The quantitative estimate of drug-likeness (QED) is 0.0811. The zero-order valence-electron chi connectivity index (χ0n) is 27.3. The summed E-state index contributed by atoms with van der Waals surface area (Å²) in [6, 6.07) is 4.86. The van der Waals surface area contributed by atoms with Gasteiger partial charge in [0.2, 0.25) is 11.8 Å². The predicted octanol–water partition coefficient (Wildman–Crippen LogP) is 7.17. The molecule has 0 saturated carbocycles. The molecule has 2 heterocycles. The van der Waals surface area contributed by atoms with Crippen LogP contribution in [0.5, 0.6) is 5.75 Å². The topological polar surface area (TPSA) is 111 Å². The summed E-state index contributed by atoms with van der Waals surface area (Å²) < 4.78 is 22.3. The minimum absolute atomic E-state index is 0.0798. The minimum atomic E-state index is -0.217. The van der Waals surface area contributed by atoms with Gasteiger partial charge in [-0.25, -0.2) is 9.98 Å². The second kappa shape index (κ2) is 21.1. The van der Waals surface area contributed by atoms with Crippen LogP contribution in [-0.2, 0) is 23.8 Å². The van der Waals surface area contributed by atoms with Gasteiger partial charge in [-0.3, -0.25) is 9.59 Å². The predicted molar refractivity (Wildman–Crippen MR) is 178 cm³/mol. The lowest BCUT2D eigenvalue weighted by Gasteiger charge is -2.47. The van der Waals surface area contributed by atoms with Gasteiger partial charge in [-0.05, 0) is 31.9 Å². The minimum Gasteiger partial charge on any atom is -0.497 e. The highest BCUT2D eigenvalue weighted by molar-refractivity contribution is 6.33. The zero-order chi connectivity index (χ0) is 33.0. The van der Waals surface area contributed by atoms with Crippen LogP contribution in [0.25, 0.3) is 0 Å². The molecule has 0 atom stereocenters. The van der Waals surface area contributed by atoms with Crippen molar-refractivity contribution in [2.75, 3.05) is 45.3 Å². The molecule has 244 valence electrons. The van der Waals surface area contributed by atoms with Crippen LogP contribution in [0.2, 0.25) is 5.02 Å². The molecule has 1 aromatic rings. The molecule has 10 nitrogen and oxygen atoms in total. The number of aliphatic imine (C=N–C) groups is 2. The monoisotopic (exact) mass is 632 g/mol. The summed E-state index contributed by atoms with van der Waals surface area (Å²) in [6.45, 7) is 18.3. The van der Waals surface area contributed by atoms with Crippen molar-refractivity contribution in [1.29, 1.82) is 0 Å². The van der Waals surface area contributed by atoms with Gasteiger partial charge in [0.1, 0.15) is 17.8 Å². The van der Waals surface area contributed by atoms with Crippen LogP contribution in [0, 0.1) is 5.41 Å². The third-order valence-corrected chi connectivity index (χ3v) is 6.90. The third-order valence-electron chi connectivity index (χ3n) is 6.59. The van der Waals surface area contributed by atoms with E-state index in [1.54, 1.807) is 44.4 Å². The number of nitrogens with one attached hydrogen (secondary N) is 1. The molecular formula is C33H49ClN4O6. The van der Waals surface area contributed by atoms with Crippen molar-refractivity contribution in [3.8, 4) is 5.75 Å². The first kappa shape index (κ1) is 38.4. The number of allylic oxidation sites excluding steroid dienone is 3. The van der Waals surface area contributed by atoms with Gasteiger partial charge in [0, 0.05) is 49.7 Å². The molecule has 1 spiro atoms. The SMILES string of the molecule is C=CC/C(OC)=C(\C=C(/C)N=CN=COc1ccc(NC(C)=O)c(Cl)c1)OCCC(=O)N1CCC2(CC1)COC2.CC.CC. The molecule has 1 N–H and O–H groups in total. The highest BCUT2D eigenvalue weighted by atomic mass is 35.5. The molecular weight excluding hydrogens is 584 g/mol. The fraction of sp³-hybridized carbons (Fsp3) is 0.515. The van der Waals surface area contributed by atoms with Gasteiger partial charge in [-0.15, -0.1) is 6.58 Å². The van der Waals surface area contributed by atoms with E-state index in [1.165, 1.54) is 19.7 Å². The molecule has 0 aliphatic carbocycles. The molecule has 2 aliphatic heterocycles. The van der Waals surface area contributed by atoms with Crippen molar-refractivity contribution >= 4 is 41.8 Å². The fourth-order valence-electron chi connectivity index (χ4n) is 4.26. The Hall–Kier alpha value is -3.63. The van der Waals surface area contributed by atoms with E-state index in [9.17, 15) is 9.59 Å². The van der Waals surface area contributed by atoms with Crippen molar-refractivity contribution in [2.24, 2.45) is 15.4 Å². The van der Waals surface area contributed by atoms with Gasteiger partial charge < -0.3 is 29.2 Å². The number of nitrogens with zero attached hydrogens (tertiary/aromatic N) is 3. The number of benzene rings is 1. The van der Waals surface area contributed by atoms with E-state index in [0.29, 0.717) is 40.1 Å². The number of hydrogen-bond acceptors (Lipinski definition) is 7. The van der Waals surface area contributed by atoms with E-state index in [4.69, 9.17) is 30.5 Å². The smallest absolute Gasteiger partial charge is 0.225 e. The average molecular weight is 633 g/mol. The van der Waals surface area contributed by atoms with Crippen LogP contribution < -0.4 is 10.1 Å². The fourth-order valence-corrected chi connectivity index (χ4v) is 4.48. The normalized spacial score (nSPS) is 16.1. The first-order valence-electron chi connectivity index (χ1n) is 15.1.